The van der Waals surface area contributed by atoms with E-state index in [1.807, 2.05) is 55.5 Å². The fraction of sp³-hybridized carbons (Fsp3) is 0.250. The van der Waals surface area contributed by atoms with Crippen LogP contribution >= 0.6 is 0 Å². The standard InChI is InChI=1S/C20H20N2O2/c1-14(23)7-6-12-22-15(2)21-18-13-17(10-11-19(18)22)20(24)16-8-4-3-5-9-16/h3-5,8-11,13H,6-7,12H2,1-2H3. The summed E-state index contributed by atoms with van der Waals surface area (Å²) in [5.41, 5.74) is 3.13. The Morgan fingerprint density at radius 1 is 1.04 bits per heavy atom. The molecule has 0 fully saturated rings. The highest BCUT2D eigenvalue weighted by atomic mass is 16.1. The molecule has 0 unspecified atom stereocenters. The maximum atomic E-state index is 12.6. The van der Waals surface area contributed by atoms with Crippen LogP contribution in [0.3, 0.4) is 0 Å². The number of hydrogen-bond acceptors (Lipinski definition) is 3. The summed E-state index contributed by atoms with van der Waals surface area (Å²) in [4.78, 5) is 28.2. The van der Waals surface area contributed by atoms with E-state index in [2.05, 4.69) is 9.55 Å². The van der Waals surface area contributed by atoms with E-state index in [1.54, 1.807) is 6.92 Å². The van der Waals surface area contributed by atoms with Crippen LogP contribution in [0, 0.1) is 6.92 Å². The van der Waals surface area contributed by atoms with Gasteiger partial charge < -0.3 is 9.36 Å². The molecule has 122 valence electrons. The average molecular weight is 320 g/mol. The van der Waals surface area contributed by atoms with Gasteiger partial charge in [-0.05, 0) is 38.5 Å². The minimum Gasteiger partial charge on any atom is -0.328 e. The number of carbonyl (C=O) groups is 2. The number of nitrogens with zero attached hydrogens (tertiary/aromatic N) is 2. The Bertz CT molecular complexity index is 895. The number of benzene rings is 2. The van der Waals surface area contributed by atoms with E-state index >= 15 is 0 Å². The molecule has 1 heterocycles. The lowest BCUT2D eigenvalue weighted by Crippen LogP contribution is -2.03. The van der Waals surface area contributed by atoms with E-state index < -0.39 is 0 Å². The van der Waals surface area contributed by atoms with Crippen LogP contribution in [-0.2, 0) is 11.3 Å². The van der Waals surface area contributed by atoms with Gasteiger partial charge in [0.15, 0.2) is 5.78 Å². The second-order valence-electron chi connectivity index (χ2n) is 6.01. The van der Waals surface area contributed by atoms with Crippen molar-refractivity contribution in [3.63, 3.8) is 0 Å². The van der Waals surface area contributed by atoms with E-state index in [1.165, 1.54) is 0 Å². The maximum absolute atomic E-state index is 12.6. The van der Waals surface area contributed by atoms with Gasteiger partial charge in [-0.3, -0.25) is 4.79 Å². The summed E-state index contributed by atoms with van der Waals surface area (Å²) in [7, 11) is 0. The number of aromatic nitrogens is 2. The predicted octanol–water partition coefficient (Wildman–Crippen LogP) is 3.94. The van der Waals surface area contributed by atoms with Crippen molar-refractivity contribution in [2.24, 2.45) is 0 Å². The van der Waals surface area contributed by atoms with E-state index in [0.29, 0.717) is 17.5 Å². The second-order valence-corrected chi connectivity index (χ2v) is 6.01. The van der Waals surface area contributed by atoms with Crippen LogP contribution in [0.2, 0.25) is 0 Å². The van der Waals surface area contributed by atoms with Gasteiger partial charge in [-0.1, -0.05) is 30.3 Å². The number of hydrogen-bond donors (Lipinski definition) is 0. The maximum Gasteiger partial charge on any atom is 0.193 e. The number of aryl methyl sites for hydroxylation is 2. The molecule has 24 heavy (non-hydrogen) atoms. The SMILES string of the molecule is CC(=O)CCCn1c(C)nc2cc(C(=O)c3ccccc3)ccc21. The van der Waals surface area contributed by atoms with Crippen LogP contribution in [-0.4, -0.2) is 21.1 Å². The molecule has 0 bridgehead atoms. The highest BCUT2D eigenvalue weighted by Crippen LogP contribution is 2.20. The molecule has 0 radical (unpaired) electrons. The minimum atomic E-state index is 0.00119. The van der Waals surface area contributed by atoms with Crippen molar-refractivity contribution in [3.8, 4) is 0 Å². The highest BCUT2D eigenvalue weighted by Gasteiger charge is 2.13. The van der Waals surface area contributed by atoms with Crippen molar-refractivity contribution in [1.29, 1.82) is 0 Å². The van der Waals surface area contributed by atoms with Crippen LogP contribution in [0.15, 0.2) is 48.5 Å². The summed E-state index contributed by atoms with van der Waals surface area (Å²) in [5, 5.41) is 0. The molecule has 0 aliphatic rings. The van der Waals surface area contributed by atoms with Crippen LogP contribution in [0.1, 0.15) is 41.5 Å². The Morgan fingerprint density at radius 3 is 2.50 bits per heavy atom. The first-order chi connectivity index (χ1) is 11.6. The van der Waals surface area contributed by atoms with Gasteiger partial charge in [0.25, 0.3) is 0 Å². The molecule has 4 nitrogen and oxygen atoms in total. The molecule has 4 heteroatoms. The molecule has 0 N–H and O–H groups in total. The van der Waals surface area contributed by atoms with E-state index in [9.17, 15) is 9.59 Å². The van der Waals surface area contributed by atoms with Gasteiger partial charge in [0.1, 0.15) is 11.6 Å². The number of Topliss-reactive ketones (excluding diaryl/α,β-unsaturated/α-hetero) is 1. The first-order valence-electron chi connectivity index (χ1n) is 8.12. The zero-order valence-corrected chi connectivity index (χ0v) is 14.0. The molecule has 1 aromatic heterocycles. The lowest BCUT2D eigenvalue weighted by atomic mass is 10.0. The Balaban J connectivity index is 1.90. The quantitative estimate of drug-likeness (QED) is 0.646. The summed E-state index contributed by atoms with van der Waals surface area (Å²) >= 11 is 0. The van der Waals surface area contributed by atoms with E-state index in [-0.39, 0.29) is 11.6 Å². The van der Waals surface area contributed by atoms with Gasteiger partial charge in [-0.15, -0.1) is 0 Å². The summed E-state index contributed by atoms with van der Waals surface area (Å²) < 4.78 is 2.11. The third-order valence-corrected chi connectivity index (χ3v) is 4.15. The van der Waals surface area contributed by atoms with Crippen molar-refractivity contribution < 1.29 is 9.59 Å². The molecular weight excluding hydrogens is 300 g/mol. The van der Waals surface area contributed by atoms with Gasteiger partial charge in [-0.2, -0.15) is 0 Å². The van der Waals surface area contributed by atoms with Gasteiger partial charge in [0, 0.05) is 24.1 Å². The Kier molecular flexibility index (Phi) is 4.56. The minimum absolute atomic E-state index is 0.00119. The monoisotopic (exact) mass is 320 g/mol. The van der Waals surface area contributed by atoms with Crippen molar-refractivity contribution in [2.45, 2.75) is 33.2 Å². The number of carbonyl (C=O) groups excluding carboxylic acids is 2. The summed E-state index contributed by atoms with van der Waals surface area (Å²) in [6, 6.07) is 14.9. The Morgan fingerprint density at radius 2 is 1.79 bits per heavy atom. The number of imidazole rings is 1. The molecule has 3 rings (SSSR count). The lowest BCUT2D eigenvalue weighted by Gasteiger charge is -2.06. The molecule has 0 aliphatic heterocycles. The van der Waals surface area contributed by atoms with Gasteiger partial charge in [-0.25, -0.2) is 4.98 Å². The van der Waals surface area contributed by atoms with Gasteiger partial charge >= 0.3 is 0 Å². The van der Waals surface area contributed by atoms with Crippen LogP contribution in [0.5, 0.6) is 0 Å². The third kappa shape index (κ3) is 3.27. The number of rotatable bonds is 6. The van der Waals surface area contributed by atoms with Gasteiger partial charge in [0.05, 0.1) is 11.0 Å². The zero-order chi connectivity index (χ0) is 17.1. The molecule has 0 spiro atoms. The second kappa shape index (κ2) is 6.79. The molecule has 0 atom stereocenters. The largest absolute Gasteiger partial charge is 0.328 e. The molecule has 0 saturated heterocycles. The van der Waals surface area contributed by atoms with Gasteiger partial charge in [0.2, 0.25) is 0 Å². The van der Waals surface area contributed by atoms with Crippen LogP contribution in [0.4, 0.5) is 0 Å². The molecule has 3 aromatic rings. The van der Waals surface area contributed by atoms with E-state index in [4.69, 9.17) is 0 Å². The number of fused-ring (bicyclic) bond motifs is 1. The summed E-state index contributed by atoms with van der Waals surface area (Å²) in [5.74, 6) is 1.10. The predicted molar refractivity (Wildman–Crippen MR) is 94.3 cm³/mol. The van der Waals surface area contributed by atoms with Crippen LogP contribution in [0.25, 0.3) is 11.0 Å². The smallest absolute Gasteiger partial charge is 0.193 e. The van der Waals surface area contributed by atoms with Crippen molar-refractivity contribution in [1.82, 2.24) is 9.55 Å². The molecular formula is C20H20N2O2. The third-order valence-electron chi connectivity index (χ3n) is 4.15. The van der Waals surface area contributed by atoms with Crippen molar-refractivity contribution >= 4 is 22.6 Å². The lowest BCUT2D eigenvalue weighted by molar-refractivity contribution is -0.117. The fourth-order valence-corrected chi connectivity index (χ4v) is 2.92. The zero-order valence-electron chi connectivity index (χ0n) is 14.0. The molecule has 2 aromatic carbocycles. The van der Waals surface area contributed by atoms with E-state index in [0.717, 1.165) is 29.8 Å². The first kappa shape index (κ1) is 16.1. The topological polar surface area (TPSA) is 52.0 Å². The highest BCUT2D eigenvalue weighted by molar-refractivity contribution is 6.10. The van der Waals surface area contributed by atoms with Crippen LogP contribution < -0.4 is 0 Å². The molecule has 0 amide bonds. The Hall–Kier alpha value is -2.75. The van der Waals surface area contributed by atoms with Crippen molar-refractivity contribution in [3.05, 3.63) is 65.5 Å². The molecule has 0 saturated carbocycles. The normalized spacial score (nSPS) is 10.9. The fourth-order valence-electron chi connectivity index (χ4n) is 2.92. The first-order valence-corrected chi connectivity index (χ1v) is 8.12. The van der Waals surface area contributed by atoms with Crippen molar-refractivity contribution in [2.75, 3.05) is 0 Å². The molecule has 0 aliphatic carbocycles. The average Bonchev–Trinajstić information content (AvgIpc) is 2.89. The summed E-state index contributed by atoms with van der Waals surface area (Å²) in [6.07, 6.45) is 1.37. The number of ketones is 2. The Labute approximate surface area is 141 Å². The summed E-state index contributed by atoms with van der Waals surface area (Å²) in [6.45, 7) is 4.32.